The first-order chi connectivity index (χ1) is 11.1. The molecule has 2 amide bonds. The fourth-order valence-corrected chi connectivity index (χ4v) is 4.04. The molecule has 4 heteroatoms. The van der Waals surface area contributed by atoms with Crippen LogP contribution < -0.4 is 4.90 Å². The number of carbonyl (C=O) groups excluding carboxylic acids is 2. The Hall–Kier alpha value is -1.84. The summed E-state index contributed by atoms with van der Waals surface area (Å²) in [6, 6.07) is 7.95. The second-order valence-corrected chi connectivity index (χ2v) is 7.35. The van der Waals surface area contributed by atoms with E-state index in [1.165, 1.54) is 5.56 Å². The topological polar surface area (TPSA) is 40.6 Å². The first-order valence-electron chi connectivity index (χ1n) is 8.85. The van der Waals surface area contributed by atoms with E-state index in [-0.39, 0.29) is 23.8 Å². The number of hydrogen-bond donors (Lipinski definition) is 0. The molecule has 0 radical (unpaired) electrons. The zero-order valence-electron chi connectivity index (χ0n) is 13.7. The van der Waals surface area contributed by atoms with Crippen molar-refractivity contribution in [1.82, 2.24) is 4.90 Å². The van der Waals surface area contributed by atoms with Crippen LogP contribution in [0.3, 0.4) is 0 Å². The Kier molecular flexibility index (Phi) is 3.63. The number of benzene rings is 1. The molecule has 2 atom stereocenters. The van der Waals surface area contributed by atoms with E-state index in [0.29, 0.717) is 5.92 Å². The van der Waals surface area contributed by atoms with Crippen molar-refractivity contribution < 1.29 is 9.59 Å². The third-order valence-corrected chi connectivity index (χ3v) is 5.36. The van der Waals surface area contributed by atoms with E-state index in [0.717, 1.165) is 50.9 Å². The summed E-state index contributed by atoms with van der Waals surface area (Å²) in [7, 11) is 0. The summed E-state index contributed by atoms with van der Waals surface area (Å²) in [5, 5.41) is 0. The quantitative estimate of drug-likeness (QED) is 0.842. The lowest BCUT2D eigenvalue weighted by atomic mass is 9.93. The maximum atomic E-state index is 13.2. The van der Waals surface area contributed by atoms with Crippen LogP contribution in [0.1, 0.15) is 38.2 Å². The first-order valence-corrected chi connectivity index (χ1v) is 8.85. The fraction of sp³-hybridized carbons (Fsp3) is 0.579. The normalized spacial score (nSPS) is 27.0. The average molecular weight is 312 g/mol. The summed E-state index contributed by atoms with van der Waals surface area (Å²) in [5.41, 5.74) is 2.29. The van der Waals surface area contributed by atoms with Crippen molar-refractivity contribution in [1.29, 1.82) is 0 Å². The van der Waals surface area contributed by atoms with E-state index >= 15 is 0 Å². The van der Waals surface area contributed by atoms with Crippen LogP contribution in [-0.2, 0) is 16.0 Å². The van der Waals surface area contributed by atoms with Crippen molar-refractivity contribution in [2.24, 2.45) is 11.8 Å². The minimum Gasteiger partial charge on any atom is -0.330 e. The number of hydrogen-bond acceptors (Lipinski definition) is 2. The molecule has 23 heavy (non-hydrogen) atoms. The molecule has 0 bridgehead atoms. The van der Waals surface area contributed by atoms with E-state index in [9.17, 15) is 9.59 Å². The van der Waals surface area contributed by atoms with E-state index in [4.69, 9.17) is 0 Å². The molecule has 1 aromatic carbocycles. The predicted molar refractivity (Wildman–Crippen MR) is 89.1 cm³/mol. The molecule has 3 aliphatic rings. The van der Waals surface area contributed by atoms with E-state index in [1.54, 1.807) is 0 Å². The summed E-state index contributed by atoms with van der Waals surface area (Å²) in [6.07, 6.45) is 4.78. The van der Waals surface area contributed by atoms with Gasteiger partial charge in [-0.2, -0.15) is 0 Å². The van der Waals surface area contributed by atoms with Gasteiger partial charge in [-0.05, 0) is 49.7 Å². The van der Waals surface area contributed by atoms with Gasteiger partial charge in [0.05, 0.1) is 0 Å². The summed E-state index contributed by atoms with van der Waals surface area (Å²) >= 11 is 0. The Morgan fingerprint density at radius 3 is 2.65 bits per heavy atom. The zero-order valence-corrected chi connectivity index (χ0v) is 13.7. The number of likely N-dealkylation sites (tertiary alicyclic amines) is 1. The van der Waals surface area contributed by atoms with Gasteiger partial charge in [0.1, 0.15) is 6.04 Å². The van der Waals surface area contributed by atoms with Crippen LogP contribution in [0, 0.1) is 11.8 Å². The monoisotopic (exact) mass is 312 g/mol. The second kappa shape index (κ2) is 5.66. The molecule has 2 aliphatic heterocycles. The van der Waals surface area contributed by atoms with Crippen molar-refractivity contribution in [3.63, 3.8) is 0 Å². The van der Waals surface area contributed by atoms with Gasteiger partial charge in [-0.3, -0.25) is 9.59 Å². The summed E-state index contributed by atoms with van der Waals surface area (Å²) in [6.45, 7) is 3.70. The van der Waals surface area contributed by atoms with Crippen LogP contribution >= 0.6 is 0 Å². The third-order valence-electron chi connectivity index (χ3n) is 5.36. The van der Waals surface area contributed by atoms with Gasteiger partial charge in [0.2, 0.25) is 11.8 Å². The number of rotatable bonds is 2. The number of amides is 2. The van der Waals surface area contributed by atoms with Gasteiger partial charge in [0.15, 0.2) is 0 Å². The molecule has 4 rings (SSSR count). The standard InChI is InChI=1S/C19H24N2O2/c1-13-11-15-5-2-3-6-16(15)21(12-13)19(23)17-7-4-10-20(17)18(22)14-8-9-14/h2-3,5-6,13-14,17H,4,7-12H2,1H3/t13-,17+/m0/s1. The van der Waals surface area contributed by atoms with Crippen molar-refractivity contribution >= 4 is 17.5 Å². The molecule has 122 valence electrons. The van der Waals surface area contributed by atoms with Crippen molar-refractivity contribution in [2.45, 2.75) is 45.1 Å². The Bertz CT molecular complexity index is 638. The maximum Gasteiger partial charge on any atom is 0.249 e. The molecular weight excluding hydrogens is 288 g/mol. The highest BCUT2D eigenvalue weighted by molar-refractivity contribution is 6.00. The molecule has 0 spiro atoms. The Balaban J connectivity index is 1.60. The van der Waals surface area contributed by atoms with Crippen LogP contribution in [0.15, 0.2) is 24.3 Å². The van der Waals surface area contributed by atoms with Crippen LogP contribution in [0.4, 0.5) is 5.69 Å². The molecule has 2 heterocycles. The summed E-state index contributed by atoms with van der Waals surface area (Å²) in [4.78, 5) is 29.5. The van der Waals surface area contributed by atoms with Gasteiger partial charge in [0, 0.05) is 24.7 Å². The Morgan fingerprint density at radius 1 is 1.09 bits per heavy atom. The molecule has 1 saturated carbocycles. The van der Waals surface area contributed by atoms with Gasteiger partial charge in [-0.1, -0.05) is 25.1 Å². The molecule has 0 unspecified atom stereocenters. The molecule has 0 aromatic heterocycles. The molecule has 0 N–H and O–H groups in total. The molecule has 4 nitrogen and oxygen atoms in total. The van der Waals surface area contributed by atoms with Crippen LogP contribution in [0.5, 0.6) is 0 Å². The number of anilines is 1. The maximum absolute atomic E-state index is 13.2. The highest BCUT2D eigenvalue weighted by atomic mass is 16.2. The second-order valence-electron chi connectivity index (χ2n) is 7.35. The minimum atomic E-state index is -0.249. The lowest BCUT2D eigenvalue weighted by Crippen LogP contribution is -2.50. The zero-order chi connectivity index (χ0) is 16.0. The Labute approximate surface area is 137 Å². The minimum absolute atomic E-state index is 0.121. The van der Waals surface area contributed by atoms with Crippen molar-refractivity contribution in [3.05, 3.63) is 29.8 Å². The van der Waals surface area contributed by atoms with Gasteiger partial charge in [-0.15, -0.1) is 0 Å². The first kappa shape index (κ1) is 14.7. The van der Waals surface area contributed by atoms with Crippen molar-refractivity contribution in [2.75, 3.05) is 18.0 Å². The highest BCUT2D eigenvalue weighted by Gasteiger charge is 2.43. The number of fused-ring (bicyclic) bond motifs is 1. The number of para-hydroxylation sites is 1. The molecule has 1 saturated heterocycles. The largest absolute Gasteiger partial charge is 0.330 e. The lowest BCUT2D eigenvalue weighted by molar-refractivity contribution is -0.138. The molecular formula is C19H24N2O2. The van der Waals surface area contributed by atoms with Gasteiger partial charge >= 0.3 is 0 Å². The van der Waals surface area contributed by atoms with Gasteiger partial charge < -0.3 is 9.80 Å². The van der Waals surface area contributed by atoms with Gasteiger partial charge in [0.25, 0.3) is 0 Å². The van der Waals surface area contributed by atoms with Crippen LogP contribution in [0.2, 0.25) is 0 Å². The highest BCUT2D eigenvalue weighted by Crippen LogP contribution is 2.36. The third kappa shape index (κ3) is 2.64. The summed E-state index contributed by atoms with van der Waals surface area (Å²) < 4.78 is 0. The molecule has 2 fully saturated rings. The predicted octanol–water partition coefficient (Wildman–Crippen LogP) is 2.61. The van der Waals surface area contributed by atoms with E-state index < -0.39 is 0 Å². The average Bonchev–Trinajstić information content (AvgIpc) is 3.29. The molecule has 1 aromatic rings. The fourth-order valence-electron chi connectivity index (χ4n) is 4.04. The van der Waals surface area contributed by atoms with Crippen LogP contribution in [-0.4, -0.2) is 35.8 Å². The number of carbonyl (C=O) groups is 2. The lowest BCUT2D eigenvalue weighted by Gasteiger charge is -2.36. The summed E-state index contributed by atoms with van der Waals surface area (Å²) in [5.74, 6) is 0.980. The Morgan fingerprint density at radius 2 is 1.87 bits per heavy atom. The molecule has 1 aliphatic carbocycles. The SMILES string of the molecule is C[C@H]1Cc2ccccc2N(C(=O)[C@H]2CCCN2C(=O)C2CC2)C1. The van der Waals surface area contributed by atoms with Crippen LogP contribution in [0.25, 0.3) is 0 Å². The smallest absolute Gasteiger partial charge is 0.249 e. The van der Waals surface area contributed by atoms with Crippen molar-refractivity contribution in [3.8, 4) is 0 Å². The number of nitrogens with zero attached hydrogens (tertiary/aromatic N) is 2. The van der Waals surface area contributed by atoms with E-state index in [1.807, 2.05) is 28.0 Å². The van der Waals surface area contributed by atoms with E-state index in [2.05, 4.69) is 13.0 Å². The van der Waals surface area contributed by atoms with Gasteiger partial charge in [-0.25, -0.2) is 0 Å².